The molecular formula is C10H15BO2. The van der Waals surface area contributed by atoms with Gasteiger partial charge in [0.2, 0.25) is 0 Å². The molecule has 3 heteroatoms. The van der Waals surface area contributed by atoms with Crippen molar-refractivity contribution in [2.24, 2.45) is 0 Å². The smallest absolute Gasteiger partial charge is 0.423 e. The van der Waals surface area contributed by atoms with Crippen molar-refractivity contribution in [1.29, 1.82) is 0 Å². The van der Waals surface area contributed by atoms with Crippen molar-refractivity contribution in [3.05, 3.63) is 29.8 Å². The van der Waals surface area contributed by atoms with Crippen LogP contribution in [-0.4, -0.2) is 17.2 Å². The van der Waals surface area contributed by atoms with Gasteiger partial charge in [-0.05, 0) is 23.4 Å². The molecule has 13 heavy (non-hydrogen) atoms. The van der Waals surface area contributed by atoms with Gasteiger partial charge < -0.3 is 10.0 Å². The molecule has 0 bridgehead atoms. The highest BCUT2D eigenvalue weighted by Crippen LogP contribution is 2.16. The molecular weight excluding hydrogens is 163 g/mol. The fraction of sp³-hybridized carbons (Fsp3) is 0.400. The van der Waals surface area contributed by atoms with E-state index in [-0.39, 0.29) is 0 Å². The van der Waals surface area contributed by atoms with E-state index in [2.05, 4.69) is 13.8 Å². The highest BCUT2D eigenvalue weighted by atomic mass is 16.4. The lowest BCUT2D eigenvalue weighted by atomic mass is 9.74. The average molecular weight is 178 g/mol. The molecule has 70 valence electrons. The monoisotopic (exact) mass is 178 g/mol. The summed E-state index contributed by atoms with van der Waals surface area (Å²) in [6.45, 7) is 4.17. The summed E-state index contributed by atoms with van der Waals surface area (Å²) in [6, 6.07) is 7.45. The van der Waals surface area contributed by atoms with Crippen LogP contribution >= 0.6 is 0 Å². The maximum Gasteiger partial charge on any atom is 0.488 e. The van der Waals surface area contributed by atoms with Crippen molar-refractivity contribution in [3.8, 4) is 0 Å². The Kier molecular flexibility index (Phi) is 3.52. The highest BCUT2D eigenvalue weighted by Gasteiger charge is 2.17. The van der Waals surface area contributed by atoms with Crippen LogP contribution in [0.3, 0.4) is 0 Å². The number of hydrogen-bond donors (Lipinski definition) is 2. The van der Waals surface area contributed by atoms with E-state index in [9.17, 15) is 0 Å². The molecule has 0 saturated heterocycles. The maximum absolute atomic E-state index is 9.10. The lowest BCUT2D eigenvalue weighted by molar-refractivity contribution is 0.425. The average Bonchev–Trinajstić information content (AvgIpc) is 2.16. The van der Waals surface area contributed by atoms with Gasteiger partial charge in [0.25, 0.3) is 0 Å². The van der Waals surface area contributed by atoms with Gasteiger partial charge in [0.1, 0.15) is 0 Å². The molecule has 0 saturated carbocycles. The third-order valence-electron chi connectivity index (χ3n) is 2.42. The van der Waals surface area contributed by atoms with E-state index in [4.69, 9.17) is 10.0 Å². The number of benzene rings is 1. The molecule has 0 aromatic heterocycles. The van der Waals surface area contributed by atoms with Crippen molar-refractivity contribution in [1.82, 2.24) is 0 Å². The molecule has 0 spiro atoms. The minimum atomic E-state index is -1.36. The first-order valence-electron chi connectivity index (χ1n) is 4.61. The summed E-state index contributed by atoms with van der Waals surface area (Å²) in [5.41, 5.74) is 1.65. The summed E-state index contributed by atoms with van der Waals surface area (Å²) in [6.07, 6.45) is 1.00. The molecule has 0 heterocycles. The van der Waals surface area contributed by atoms with Gasteiger partial charge >= 0.3 is 7.12 Å². The van der Waals surface area contributed by atoms with E-state index in [1.54, 1.807) is 6.07 Å². The van der Waals surface area contributed by atoms with E-state index in [0.717, 1.165) is 12.0 Å². The van der Waals surface area contributed by atoms with Gasteiger partial charge in [0, 0.05) is 0 Å². The molecule has 0 radical (unpaired) electrons. The molecule has 1 aromatic rings. The van der Waals surface area contributed by atoms with Crippen LogP contribution < -0.4 is 5.46 Å². The minimum absolute atomic E-state index is 0.373. The Labute approximate surface area is 79.4 Å². The number of hydrogen-bond acceptors (Lipinski definition) is 2. The van der Waals surface area contributed by atoms with Crippen molar-refractivity contribution < 1.29 is 10.0 Å². The molecule has 1 unspecified atom stereocenters. The van der Waals surface area contributed by atoms with Gasteiger partial charge in [-0.3, -0.25) is 0 Å². The quantitative estimate of drug-likeness (QED) is 0.674. The summed E-state index contributed by atoms with van der Waals surface area (Å²) in [7, 11) is -1.36. The molecule has 0 amide bonds. The predicted molar refractivity (Wildman–Crippen MR) is 55.0 cm³/mol. The fourth-order valence-corrected chi connectivity index (χ4v) is 1.41. The van der Waals surface area contributed by atoms with E-state index in [0.29, 0.717) is 11.4 Å². The normalized spacial score (nSPS) is 12.6. The second-order valence-corrected chi connectivity index (χ2v) is 3.31. The van der Waals surface area contributed by atoms with Crippen LogP contribution in [0.25, 0.3) is 0 Å². The molecule has 1 rings (SSSR count). The van der Waals surface area contributed by atoms with Crippen LogP contribution in [0, 0.1) is 0 Å². The summed E-state index contributed by atoms with van der Waals surface area (Å²) in [5, 5.41) is 18.2. The van der Waals surface area contributed by atoms with Crippen molar-refractivity contribution in [2.45, 2.75) is 26.2 Å². The second kappa shape index (κ2) is 4.44. The van der Waals surface area contributed by atoms with Gasteiger partial charge in [-0.2, -0.15) is 0 Å². The second-order valence-electron chi connectivity index (χ2n) is 3.31. The van der Waals surface area contributed by atoms with Gasteiger partial charge in [-0.1, -0.05) is 38.1 Å². The van der Waals surface area contributed by atoms with Crippen LogP contribution in [-0.2, 0) is 0 Å². The van der Waals surface area contributed by atoms with E-state index < -0.39 is 7.12 Å². The van der Waals surface area contributed by atoms with Crippen LogP contribution in [0.15, 0.2) is 24.3 Å². The SMILES string of the molecule is CCC(C)c1ccccc1B(O)O. The highest BCUT2D eigenvalue weighted by molar-refractivity contribution is 6.59. The summed E-state index contributed by atoms with van der Waals surface area (Å²) in [5.74, 6) is 0.373. The molecule has 0 aliphatic carbocycles. The standard InChI is InChI=1S/C10H15BO2/c1-3-8(2)9-6-4-5-7-10(9)11(12)13/h4-8,12-13H,3H2,1-2H3. The van der Waals surface area contributed by atoms with E-state index in [1.165, 1.54) is 0 Å². The van der Waals surface area contributed by atoms with Gasteiger partial charge in [-0.15, -0.1) is 0 Å². The Balaban J connectivity index is 3.04. The lowest BCUT2D eigenvalue weighted by Gasteiger charge is -2.13. The zero-order valence-corrected chi connectivity index (χ0v) is 8.07. The Morgan fingerprint density at radius 1 is 1.31 bits per heavy atom. The van der Waals surface area contributed by atoms with Gasteiger partial charge in [-0.25, -0.2) is 0 Å². The fourth-order valence-electron chi connectivity index (χ4n) is 1.41. The molecule has 0 aliphatic rings. The summed E-state index contributed by atoms with van der Waals surface area (Å²) >= 11 is 0. The lowest BCUT2D eigenvalue weighted by Crippen LogP contribution is -2.33. The Morgan fingerprint density at radius 3 is 2.46 bits per heavy atom. The Hall–Kier alpha value is -0.795. The van der Waals surface area contributed by atoms with Gasteiger partial charge in [0.05, 0.1) is 0 Å². The molecule has 1 aromatic carbocycles. The topological polar surface area (TPSA) is 40.5 Å². The summed E-state index contributed by atoms with van der Waals surface area (Å²) in [4.78, 5) is 0. The third-order valence-corrected chi connectivity index (χ3v) is 2.42. The summed E-state index contributed by atoms with van der Waals surface area (Å²) < 4.78 is 0. The van der Waals surface area contributed by atoms with Crippen LogP contribution in [0.2, 0.25) is 0 Å². The third kappa shape index (κ3) is 2.33. The van der Waals surface area contributed by atoms with Crippen LogP contribution in [0.1, 0.15) is 31.7 Å². The molecule has 1 atom stereocenters. The van der Waals surface area contributed by atoms with E-state index in [1.807, 2.05) is 18.2 Å². The zero-order chi connectivity index (χ0) is 9.84. The van der Waals surface area contributed by atoms with Crippen molar-refractivity contribution >= 4 is 12.6 Å². The first-order valence-corrected chi connectivity index (χ1v) is 4.61. The molecule has 0 aliphatic heterocycles. The van der Waals surface area contributed by atoms with Crippen LogP contribution in [0.4, 0.5) is 0 Å². The minimum Gasteiger partial charge on any atom is -0.423 e. The zero-order valence-electron chi connectivity index (χ0n) is 8.07. The first-order chi connectivity index (χ1) is 6.16. The molecule has 0 fully saturated rings. The Bertz CT molecular complexity index is 273. The largest absolute Gasteiger partial charge is 0.488 e. The number of rotatable bonds is 3. The molecule has 2 N–H and O–H groups in total. The Morgan fingerprint density at radius 2 is 1.92 bits per heavy atom. The van der Waals surface area contributed by atoms with Crippen molar-refractivity contribution in [3.63, 3.8) is 0 Å². The van der Waals surface area contributed by atoms with E-state index >= 15 is 0 Å². The molecule has 2 nitrogen and oxygen atoms in total. The van der Waals surface area contributed by atoms with Crippen LogP contribution in [0.5, 0.6) is 0 Å². The van der Waals surface area contributed by atoms with Crippen molar-refractivity contribution in [2.75, 3.05) is 0 Å². The first kappa shape index (κ1) is 10.3. The van der Waals surface area contributed by atoms with Gasteiger partial charge in [0.15, 0.2) is 0 Å². The predicted octanol–water partition coefficient (Wildman–Crippen LogP) is 0.880. The maximum atomic E-state index is 9.10.